The topological polar surface area (TPSA) is 70.1 Å². The minimum atomic E-state index is -0.769. The van der Waals surface area contributed by atoms with Gasteiger partial charge in [-0.3, -0.25) is 9.59 Å². The molecule has 2 aliphatic rings. The van der Waals surface area contributed by atoms with Crippen LogP contribution in [-0.2, 0) is 10.2 Å². The zero-order valence-corrected chi connectivity index (χ0v) is 20.6. The lowest BCUT2D eigenvalue weighted by Crippen LogP contribution is -2.44. The molecule has 1 unspecified atom stereocenters. The van der Waals surface area contributed by atoms with E-state index in [4.69, 9.17) is 4.74 Å². The average Bonchev–Trinajstić information content (AvgIpc) is 3.14. The highest BCUT2D eigenvalue weighted by atomic mass is 16.5. The Kier molecular flexibility index (Phi) is 5.91. The Bertz CT molecular complexity index is 1290. The number of carboxylic acids is 1. The van der Waals surface area contributed by atoms with Crippen molar-refractivity contribution < 1.29 is 19.4 Å². The number of hydrogen-bond acceptors (Lipinski definition) is 4. The number of methoxy groups -OCH3 is 1. The Balaban J connectivity index is 1.42. The molecule has 35 heavy (non-hydrogen) atoms. The van der Waals surface area contributed by atoms with E-state index >= 15 is 0 Å². The van der Waals surface area contributed by atoms with Gasteiger partial charge in [-0.2, -0.15) is 0 Å². The number of likely N-dealkylation sites (tertiary alicyclic amines) is 1. The monoisotopic (exact) mass is 472 g/mol. The van der Waals surface area contributed by atoms with Crippen LogP contribution < -0.4 is 9.64 Å². The third-order valence-corrected chi connectivity index (χ3v) is 7.95. The van der Waals surface area contributed by atoms with Gasteiger partial charge in [0.15, 0.2) is 0 Å². The maximum absolute atomic E-state index is 13.7. The SMILES string of the molecule is COc1ccc2c(c1)C1(CCN(C(=O)c3ccc(N(C)C)c4ccccc34)CC1)CC2CC(=O)O. The third-order valence-electron chi connectivity index (χ3n) is 7.95. The van der Waals surface area contributed by atoms with E-state index in [2.05, 4.69) is 17.0 Å². The summed E-state index contributed by atoms with van der Waals surface area (Å²) < 4.78 is 5.49. The molecule has 0 saturated carbocycles. The summed E-state index contributed by atoms with van der Waals surface area (Å²) in [5.41, 5.74) is 4.04. The molecule has 1 N–H and O–H groups in total. The van der Waals surface area contributed by atoms with Crippen molar-refractivity contribution in [1.29, 1.82) is 0 Å². The van der Waals surface area contributed by atoms with Crippen LogP contribution in [0, 0.1) is 0 Å². The number of rotatable bonds is 5. The normalized spacial score (nSPS) is 18.5. The molecule has 3 aromatic rings. The van der Waals surface area contributed by atoms with Crippen molar-refractivity contribution >= 4 is 28.3 Å². The number of carboxylic acid groups (broad SMARTS) is 1. The Labute approximate surface area is 206 Å². The lowest BCUT2D eigenvalue weighted by atomic mass is 9.73. The summed E-state index contributed by atoms with van der Waals surface area (Å²) in [6, 6.07) is 18.1. The fourth-order valence-corrected chi connectivity index (χ4v) is 6.20. The quantitative estimate of drug-likeness (QED) is 0.563. The first-order valence-corrected chi connectivity index (χ1v) is 12.2. The first-order valence-electron chi connectivity index (χ1n) is 12.2. The third kappa shape index (κ3) is 4.01. The smallest absolute Gasteiger partial charge is 0.303 e. The molecule has 1 atom stereocenters. The standard InChI is InChI=1S/C29H32N2O4/c1-30(2)26-11-10-24(22-6-4-5-7-23(22)26)28(34)31-14-12-29(13-15-31)18-19(16-27(32)33)21-9-8-20(35-3)17-25(21)29/h4-11,17,19H,12-16,18H2,1-3H3,(H,32,33). The minimum absolute atomic E-state index is 0.00169. The molecule has 5 rings (SSSR count). The van der Waals surface area contributed by atoms with Gasteiger partial charge in [-0.25, -0.2) is 0 Å². The summed E-state index contributed by atoms with van der Waals surface area (Å²) in [6.45, 7) is 1.30. The van der Waals surface area contributed by atoms with Crippen molar-refractivity contribution in [3.8, 4) is 5.75 Å². The summed E-state index contributed by atoms with van der Waals surface area (Å²) in [4.78, 5) is 29.3. The van der Waals surface area contributed by atoms with E-state index in [9.17, 15) is 14.7 Å². The van der Waals surface area contributed by atoms with Gasteiger partial charge in [0, 0.05) is 43.8 Å². The van der Waals surface area contributed by atoms with Crippen molar-refractivity contribution in [2.45, 2.75) is 37.0 Å². The molecule has 1 saturated heterocycles. The molecule has 182 valence electrons. The second-order valence-corrected chi connectivity index (χ2v) is 10.1. The van der Waals surface area contributed by atoms with Gasteiger partial charge >= 0.3 is 5.97 Å². The number of benzene rings is 3. The van der Waals surface area contributed by atoms with Crippen LogP contribution in [0.15, 0.2) is 54.6 Å². The van der Waals surface area contributed by atoms with E-state index in [1.807, 2.05) is 61.5 Å². The van der Waals surface area contributed by atoms with Crippen LogP contribution in [0.2, 0.25) is 0 Å². The van der Waals surface area contributed by atoms with Crippen LogP contribution in [0.25, 0.3) is 10.8 Å². The summed E-state index contributed by atoms with van der Waals surface area (Å²) in [7, 11) is 5.68. The number of anilines is 1. The zero-order valence-electron chi connectivity index (χ0n) is 20.6. The predicted molar refractivity (Wildman–Crippen MR) is 138 cm³/mol. The van der Waals surface area contributed by atoms with Crippen molar-refractivity contribution in [3.05, 3.63) is 71.3 Å². The molecule has 0 bridgehead atoms. The number of carbonyl (C=O) groups is 2. The number of amides is 1. The fraction of sp³-hybridized carbons (Fsp3) is 0.379. The molecule has 1 spiro atoms. The highest BCUT2D eigenvalue weighted by molar-refractivity contribution is 6.10. The highest BCUT2D eigenvalue weighted by Gasteiger charge is 2.46. The largest absolute Gasteiger partial charge is 0.497 e. The number of aliphatic carboxylic acids is 1. The highest BCUT2D eigenvalue weighted by Crippen LogP contribution is 2.53. The van der Waals surface area contributed by atoms with Gasteiger partial charge in [0.1, 0.15) is 5.75 Å². The summed E-state index contributed by atoms with van der Waals surface area (Å²) in [5.74, 6) is 0.0880. The molecular formula is C29H32N2O4. The first kappa shape index (κ1) is 23.2. The van der Waals surface area contributed by atoms with Crippen LogP contribution in [0.5, 0.6) is 5.75 Å². The maximum Gasteiger partial charge on any atom is 0.303 e. The van der Waals surface area contributed by atoms with Crippen LogP contribution in [0.3, 0.4) is 0 Å². The van der Waals surface area contributed by atoms with Crippen LogP contribution in [-0.4, -0.2) is 56.2 Å². The lowest BCUT2D eigenvalue weighted by Gasteiger charge is -2.40. The van der Waals surface area contributed by atoms with Gasteiger partial charge in [-0.1, -0.05) is 30.3 Å². The molecule has 1 heterocycles. The molecule has 1 aliphatic heterocycles. The van der Waals surface area contributed by atoms with Gasteiger partial charge in [0.05, 0.1) is 13.5 Å². The number of nitrogens with zero attached hydrogens (tertiary/aromatic N) is 2. The molecule has 1 fully saturated rings. The molecule has 3 aromatic carbocycles. The van der Waals surface area contributed by atoms with E-state index in [1.165, 1.54) is 5.56 Å². The number of piperidine rings is 1. The Morgan fingerprint density at radius 2 is 1.77 bits per heavy atom. The van der Waals surface area contributed by atoms with Crippen molar-refractivity contribution in [1.82, 2.24) is 4.90 Å². The molecule has 6 nitrogen and oxygen atoms in total. The van der Waals surface area contributed by atoms with Gasteiger partial charge in [0.25, 0.3) is 5.91 Å². The first-order chi connectivity index (χ1) is 16.8. The molecule has 6 heteroatoms. The summed E-state index contributed by atoms with van der Waals surface area (Å²) in [6.07, 6.45) is 2.59. The van der Waals surface area contributed by atoms with Gasteiger partial charge < -0.3 is 19.6 Å². The van der Waals surface area contributed by atoms with Crippen molar-refractivity contribution in [3.63, 3.8) is 0 Å². The molecule has 1 aliphatic carbocycles. The Morgan fingerprint density at radius 3 is 2.43 bits per heavy atom. The van der Waals surface area contributed by atoms with Crippen LogP contribution in [0.4, 0.5) is 5.69 Å². The molecular weight excluding hydrogens is 440 g/mol. The van der Waals surface area contributed by atoms with Crippen LogP contribution >= 0.6 is 0 Å². The van der Waals surface area contributed by atoms with E-state index in [-0.39, 0.29) is 23.7 Å². The van der Waals surface area contributed by atoms with Crippen LogP contribution in [0.1, 0.15) is 53.1 Å². The van der Waals surface area contributed by atoms with Gasteiger partial charge in [-0.05, 0) is 71.4 Å². The van der Waals surface area contributed by atoms with Gasteiger partial charge in [0.2, 0.25) is 0 Å². The summed E-state index contributed by atoms with van der Waals surface area (Å²) in [5, 5.41) is 11.5. The average molecular weight is 473 g/mol. The number of carbonyl (C=O) groups excluding carboxylic acids is 1. The molecule has 0 aromatic heterocycles. The molecule has 1 amide bonds. The lowest BCUT2D eigenvalue weighted by molar-refractivity contribution is -0.137. The van der Waals surface area contributed by atoms with Gasteiger partial charge in [-0.15, -0.1) is 0 Å². The van der Waals surface area contributed by atoms with Crippen molar-refractivity contribution in [2.75, 3.05) is 39.2 Å². The van der Waals surface area contributed by atoms with E-state index in [1.54, 1.807) is 7.11 Å². The number of hydrogen-bond donors (Lipinski definition) is 1. The maximum atomic E-state index is 13.7. The second-order valence-electron chi connectivity index (χ2n) is 10.1. The van der Waals surface area contributed by atoms with E-state index in [0.717, 1.165) is 52.6 Å². The number of ether oxygens (including phenoxy) is 1. The fourth-order valence-electron chi connectivity index (χ4n) is 6.20. The Hall–Kier alpha value is -3.54. The molecule has 0 radical (unpaired) electrons. The second kappa shape index (κ2) is 8.91. The van der Waals surface area contributed by atoms with E-state index < -0.39 is 5.97 Å². The summed E-state index contributed by atoms with van der Waals surface area (Å²) >= 11 is 0. The van der Waals surface area contributed by atoms with E-state index in [0.29, 0.717) is 13.1 Å². The zero-order chi connectivity index (χ0) is 24.7. The minimum Gasteiger partial charge on any atom is -0.497 e. The van der Waals surface area contributed by atoms with Crippen molar-refractivity contribution in [2.24, 2.45) is 0 Å². The number of fused-ring (bicyclic) bond motifs is 3. The predicted octanol–water partition coefficient (Wildman–Crippen LogP) is 5.05. The Morgan fingerprint density at radius 1 is 1.06 bits per heavy atom.